The monoisotopic (exact) mass is 536 g/mol. The lowest BCUT2D eigenvalue weighted by Gasteiger charge is -2.24. The first-order valence-corrected chi connectivity index (χ1v) is 14.0. The van der Waals surface area contributed by atoms with E-state index in [0.29, 0.717) is 16.4 Å². The maximum absolute atomic E-state index is 13.5. The number of rotatable bonds is 9. The Kier molecular flexibility index (Phi) is 8.36. The smallest absolute Gasteiger partial charge is 0.264 e. The summed E-state index contributed by atoms with van der Waals surface area (Å²) in [6.07, 6.45) is 0. The van der Waals surface area contributed by atoms with Gasteiger partial charge in [0.25, 0.3) is 10.0 Å². The van der Waals surface area contributed by atoms with Crippen LogP contribution in [-0.4, -0.2) is 20.9 Å². The number of hydrogen-bond donors (Lipinski definition) is 1. The van der Waals surface area contributed by atoms with Gasteiger partial charge in [0.1, 0.15) is 6.54 Å². The lowest BCUT2D eigenvalue weighted by atomic mass is 10.2. The van der Waals surface area contributed by atoms with Crippen molar-refractivity contribution in [2.45, 2.75) is 22.5 Å². The number of aryl methyl sites for hydroxylation is 1. The normalized spacial score (nSPS) is 11.2. The van der Waals surface area contributed by atoms with Gasteiger partial charge in [-0.3, -0.25) is 9.10 Å². The largest absolute Gasteiger partial charge is 0.325 e. The van der Waals surface area contributed by atoms with Gasteiger partial charge in [-0.05, 0) is 78.7 Å². The number of hydrogen-bond acceptors (Lipinski definition) is 4. The highest BCUT2D eigenvalue weighted by Crippen LogP contribution is 2.26. The Bertz CT molecular complexity index is 1430. The number of benzene rings is 4. The van der Waals surface area contributed by atoms with Gasteiger partial charge in [0, 0.05) is 21.4 Å². The number of thioether (sulfide) groups is 1. The highest BCUT2D eigenvalue weighted by atomic mass is 35.5. The quantitative estimate of drug-likeness (QED) is 0.240. The molecule has 0 radical (unpaired) electrons. The fourth-order valence-electron chi connectivity index (χ4n) is 3.53. The number of carbonyl (C=O) groups excluding carboxylic acids is 1. The molecule has 0 bridgehead atoms. The van der Waals surface area contributed by atoms with Crippen molar-refractivity contribution in [1.82, 2.24) is 0 Å². The molecule has 5 nitrogen and oxygen atoms in total. The molecule has 4 aromatic rings. The maximum Gasteiger partial charge on any atom is 0.264 e. The molecule has 0 atom stereocenters. The van der Waals surface area contributed by atoms with E-state index in [2.05, 4.69) is 17.4 Å². The predicted molar refractivity (Wildman–Crippen MR) is 148 cm³/mol. The summed E-state index contributed by atoms with van der Waals surface area (Å²) in [4.78, 5) is 14.2. The van der Waals surface area contributed by atoms with Crippen molar-refractivity contribution in [2.24, 2.45) is 0 Å². The number of nitrogens with one attached hydrogen (secondary N) is 1. The molecule has 8 heteroatoms. The first-order chi connectivity index (χ1) is 17.3. The molecular weight excluding hydrogens is 512 g/mol. The molecule has 0 spiro atoms. The number of nitrogens with zero attached hydrogens (tertiary/aromatic N) is 1. The average Bonchev–Trinajstić information content (AvgIpc) is 2.88. The molecule has 0 saturated heterocycles. The van der Waals surface area contributed by atoms with Gasteiger partial charge in [0.15, 0.2) is 0 Å². The molecule has 0 heterocycles. The molecule has 0 aliphatic heterocycles. The van der Waals surface area contributed by atoms with Gasteiger partial charge in [-0.25, -0.2) is 8.42 Å². The Hall–Kier alpha value is -3.26. The molecule has 184 valence electrons. The Labute approximate surface area is 221 Å². The summed E-state index contributed by atoms with van der Waals surface area (Å²) >= 11 is 7.67. The molecule has 36 heavy (non-hydrogen) atoms. The SMILES string of the molecule is Cc1cccc(N(CC(=O)Nc2ccc(CSc3ccccc3)cc2)S(=O)(=O)c2ccc(Cl)cc2)c1. The van der Waals surface area contributed by atoms with Gasteiger partial charge >= 0.3 is 0 Å². The molecule has 0 unspecified atom stereocenters. The molecule has 0 saturated carbocycles. The van der Waals surface area contributed by atoms with E-state index < -0.39 is 15.9 Å². The third kappa shape index (κ3) is 6.69. The van der Waals surface area contributed by atoms with Crippen LogP contribution in [0.15, 0.2) is 113 Å². The Morgan fingerprint density at radius 2 is 1.58 bits per heavy atom. The van der Waals surface area contributed by atoms with Crippen molar-refractivity contribution in [2.75, 3.05) is 16.2 Å². The van der Waals surface area contributed by atoms with E-state index in [4.69, 9.17) is 11.6 Å². The lowest BCUT2D eigenvalue weighted by molar-refractivity contribution is -0.114. The highest BCUT2D eigenvalue weighted by Gasteiger charge is 2.27. The minimum absolute atomic E-state index is 0.0569. The van der Waals surface area contributed by atoms with Crippen LogP contribution in [0.5, 0.6) is 0 Å². The summed E-state index contributed by atoms with van der Waals surface area (Å²) in [5.41, 5.74) is 3.01. The van der Waals surface area contributed by atoms with Crippen molar-refractivity contribution in [3.05, 3.63) is 119 Å². The van der Waals surface area contributed by atoms with E-state index in [1.54, 1.807) is 30.0 Å². The van der Waals surface area contributed by atoms with Crippen LogP contribution in [0.4, 0.5) is 11.4 Å². The minimum atomic E-state index is -4.00. The lowest BCUT2D eigenvalue weighted by Crippen LogP contribution is -2.38. The van der Waals surface area contributed by atoms with Crippen LogP contribution >= 0.6 is 23.4 Å². The molecule has 0 aliphatic rings. The molecule has 1 N–H and O–H groups in total. The van der Waals surface area contributed by atoms with Crippen molar-refractivity contribution >= 4 is 50.7 Å². The number of anilines is 2. The Morgan fingerprint density at radius 1 is 0.889 bits per heavy atom. The van der Waals surface area contributed by atoms with Gasteiger partial charge in [0.2, 0.25) is 5.91 Å². The predicted octanol–water partition coefficient (Wildman–Crippen LogP) is 6.77. The highest BCUT2D eigenvalue weighted by molar-refractivity contribution is 7.98. The third-order valence-corrected chi connectivity index (χ3v) is 8.49. The summed E-state index contributed by atoms with van der Waals surface area (Å²) in [5.74, 6) is 0.360. The van der Waals surface area contributed by atoms with Crippen LogP contribution in [0, 0.1) is 6.92 Å². The summed E-state index contributed by atoms with van der Waals surface area (Å²) < 4.78 is 28.1. The van der Waals surface area contributed by atoms with Gasteiger partial charge in [0.05, 0.1) is 10.6 Å². The Balaban J connectivity index is 1.48. The summed E-state index contributed by atoms with van der Waals surface area (Å²) in [6, 6.07) is 30.6. The van der Waals surface area contributed by atoms with Crippen LogP contribution in [0.3, 0.4) is 0 Å². The molecule has 4 aromatic carbocycles. The van der Waals surface area contributed by atoms with E-state index in [-0.39, 0.29) is 11.4 Å². The van der Waals surface area contributed by atoms with Gasteiger partial charge in [-0.1, -0.05) is 54.1 Å². The Morgan fingerprint density at radius 3 is 2.25 bits per heavy atom. The van der Waals surface area contributed by atoms with E-state index >= 15 is 0 Å². The van der Waals surface area contributed by atoms with E-state index in [1.165, 1.54) is 29.2 Å². The maximum atomic E-state index is 13.5. The molecule has 0 aromatic heterocycles. The molecular formula is C28H25ClN2O3S2. The van der Waals surface area contributed by atoms with Crippen LogP contribution in [0.2, 0.25) is 5.02 Å². The summed E-state index contributed by atoms with van der Waals surface area (Å²) in [6.45, 7) is 1.49. The molecule has 0 aliphatic carbocycles. The van der Waals surface area contributed by atoms with Crippen molar-refractivity contribution < 1.29 is 13.2 Å². The zero-order valence-corrected chi connectivity index (χ0v) is 22.0. The van der Waals surface area contributed by atoms with Crippen LogP contribution < -0.4 is 9.62 Å². The molecule has 1 amide bonds. The fraction of sp³-hybridized carbons (Fsp3) is 0.107. The second-order valence-corrected chi connectivity index (χ2v) is 11.5. The van der Waals surface area contributed by atoms with Crippen LogP contribution in [0.25, 0.3) is 0 Å². The van der Waals surface area contributed by atoms with Gasteiger partial charge < -0.3 is 5.32 Å². The number of sulfonamides is 1. The topological polar surface area (TPSA) is 66.5 Å². The number of amides is 1. The number of halogens is 1. The van der Waals surface area contributed by atoms with E-state index in [9.17, 15) is 13.2 Å². The second-order valence-electron chi connectivity index (χ2n) is 8.15. The molecule has 0 fully saturated rings. The van der Waals surface area contributed by atoms with Crippen LogP contribution in [-0.2, 0) is 20.6 Å². The average molecular weight is 537 g/mol. The van der Waals surface area contributed by atoms with Crippen molar-refractivity contribution in [3.63, 3.8) is 0 Å². The summed E-state index contributed by atoms with van der Waals surface area (Å²) in [7, 11) is -4.00. The second kappa shape index (κ2) is 11.6. The summed E-state index contributed by atoms with van der Waals surface area (Å²) in [5, 5.41) is 3.25. The van der Waals surface area contributed by atoms with Crippen molar-refractivity contribution in [1.29, 1.82) is 0 Å². The third-order valence-electron chi connectivity index (χ3n) is 5.36. The zero-order valence-electron chi connectivity index (χ0n) is 19.6. The zero-order chi connectivity index (χ0) is 25.5. The standard InChI is InChI=1S/C28H25ClN2O3S2/c1-21-6-5-7-25(18-21)31(36(33,34)27-16-12-23(29)13-17-27)19-28(32)30-24-14-10-22(11-15-24)20-35-26-8-3-2-4-9-26/h2-18H,19-20H2,1H3,(H,30,32). The minimum Gasteiger partial charge on any atom is -0.325 e. The first kappa shape index (κ1) is 25.8. The van der Waals surface area contributed by atoms with Crippen LogP contribution in [0.1, 0.15) is 11.1 Å². The van der Waals surface area contributed by atoms with Gasteiger partial charge in [-0.15, -0.1) is 11.8 Å². The van der Waals surface area contributed by atoms with Gasteiger partial charge in [-0.2, -0.15) is 0 Å². The van der Waals surface area contributed by atoms with E-state index in [1.807, 2.05) is 55.5 Å². The van der Waals surface area contributed by atoms with Crippen molar-refractivity contribution in [3.8, 4) is 0 Å². The fourth-order valence-corrected chi connectivity index (χ4v) is 5.94. The van der Waals surface area contributed by atoms with E-state index in [0.717, 1.165) is 21.2 Å². The molecule has 4 rings (SSSR count). The number of carbonyl (C=O) groups is 1. The first-order valence-electron chi connectivity index (χ1n) is 11.2.